The van der Waals surface area contributed by atoms with Crippen LogP contribution in [0, 0.1) is 11.3 Å². The summed E-state index contributed by atoms with van der Waals surface area (Å²) in [4.78, 5) is 31.7. The Morgan fingerprint density at radius 1 is 1.24 bits per heavy atom. The molecule has 9 heteroatoms. The third-order valence-corrected chi connectivity index (χ3v) is 7.65. The Morgan fingerprint density at radius 3 is 2.59 bits per heavy atom. The number of nitrogens with one attached hydrogen (secondary N) is 1. The number of rotatable bonds is 7. The number of hydrogen-bond acceptors (Lipinski definition) is 7. The summed E-state index contributed by atoms with van der Waals surface area (Å²) in [7, 11) is 2.17. The van der Waals surface area contributed by atoms with Gasteiger partial charge in [0.2, 0.25) is 16.9 Å². The molecule has 160 valence electrons. The molecule has 1 unspecified atom stereocenters. The number of amides is 2. The normalized spacial score (nSPS) is 25.0. The first-order chi connectivity index (χ1) is 13.8. The third kappa shape index (κ3) is 4.78. The van der Waals surface area contributed by atoms with Crippen LogP contribution in [0.2, 0.25) is 0 Å². The van der Waals surface area contributed by atoms with Gasteiger partial charge in [-0.1, -0.05) is 25.2 Å². The topological polar surface area (TPSA) is 81.7 Å². The summed E-state index contributed by atoms with van der Waals surface area (Å²) >= 11 is 1.45. The van der Waals surface area contributed by atoms with Crippen LogP contribution in [0.1, 0.15) is 44.0 Å². The second kappa shape index (κ2) is 8.28. The van der Waals surface area contributed by atoms with E-state index in [1.165, 1.54) is 24.2 Å². The lowest BCUT2D eigenvalue weighted by Crippen LogP contribution is -2.48. The highest BCUT2D eigenvalue weighted by Crippen LogP contribution is 2.46. The maximum absolute atomic E-state index is 12.7. The van der Waals surface area contributed by atoms with Crippen LogP contribution < -0.4 is 10.2 Å². The van der Waals surface area contributed by atoms with Crippen molar-refractivity contribution in [2.75, 3.05) is 57.8 Å². The summed E-state index contributed by atoms with van der Waals surface area (Å²) in [6.07, 6.45) is 2.62. The molecule has 29 heavy (non-hydrogen) atoms. The van der Waals surface area contributed by atoms with Gasteiger partial charge in [0.05, 0.1) is 5.92 Å². The van der Waals surface area contributed by atoms with E-state index in [1.54, 1.807) is 4.90 Å². The zero-order valence-corrected chi connectivity index (χ0v) is 18.5. The van der Waals surface area contributed by atoms with Crippen LogP contribution in [0.15, 0.2) is 0 Å². The average Bonchev–Trinajstić information content (AvgIpc) is 3.10. The van der Waals surface area contributed by atoms with Crippen molar-refractivity contribution in [1.29, 1.82) is 0 Å². The zero-order chi connectivity index (χ0) is 20.6. The summed E-state index contributed by atoms with van der Waals surface area (Å²) in [5.41, 5.74) is 0.235. The van der Waals surface area contributed by atoms with E-state index in [2.05, 4.69) is 46.2 Å². The predicted molar refractivity (Wildman–Crippen MR) is 113 cm³/mol. The number of carbonyl (C=O) groups is 2. The predicted octanol–water partition coefficient (Wildman–Crippen LogP) is 1.16. The Kier molecular flexibility index (Phi) is 5.90. The molecule has 2 saturated heterocycles. The highest BCUT2D eigenvalue weighted by molar-refractivity contribution is 7.15. The van der Waals surface area contributed by atoms with Gasteiger partial charge < -0.3 is 15.1 Å². The number of carbonyl (C=O) groups excluding carboxylic acids is 2. The second-order valence-electron chi connectivity index (χ2n) is 9.28. The number of aromatic nitrogens is 2. The first-order valence-corrected chi connectivity index (χ1v) is 11.5. The quantitative estimate of drug-likeness (QED) is 0.713. The summed E-state index contributed by atoms with van der Waals surface area (Å²) in [5.74, 6) is -0.0456. The average molecular weight is 421 g/mol. The van der Waals surface area contributed by atoms with Crippen molar-refractivity contribution < 1.29 is 9.59 Å². The monoisotopic (exact) mass is 420 g/mol. The number of likely N-dealkylation sites (N-methyl/N-ethyl adjacent to an activating group) is 1. The molecule has 1 N–H and O–H groups in total. The van der Waals surface area contributed by atoms with E-state index in [9.17, 15) is 9.59 Å². The minimum Gasteiger partial charge on any atom is -0.355 e. The van der Waals surface area contributed by atoms with Gasteiger partial charge >= 0.3 is 0 Å². The molecule has 3 fully saturated rings. The maximum atomic E-state index is 12.7. The zero-order valence-electron chi connectivity index (χ0n) is 17.7. The number of nitrogens with zero attached hydrogens (tertiary/aromatic N) is 5. The van der Waals surface area contributed by atoms with Crippen molar-refractivity contribution >= 4 is 28.3 Å². The molecule has 8 nitrogen and oxygen atoms in total. The van der Waals surface area contributed by atoms with Crippen LogP contribution in [0.3, 0.4) is 0 Å². The Morgan fingerprint density at radius 2 is 1.97 bits per heavy atom. The molecule has 2 amide bonds. The number of piperazine rings is 1. The van der Waals surface area contributed by atoms with Crippen LogP contribution in [-0.4, -0.2) is 84.7 Å². The van der Waals surface area contributed by atoms with E-state index in [1.807, 2.05) is 0 Å². The number of anilines is 1. The Labute approximate surface area is 176 Å². The van der Waals surface area contributed by atoms with E-state index < -0.39 is 0 Å². The maximum Gasteiger partial charge on any atom is 0.229 e. The lowest BCUT2D eigenvalue weighted by molar-refractivity contribution is -0.126. The van der Waals surface area contributed by atoms with Gasteiger partial charge in [-0.3, -0.25) is 14.5 Å². The summed E-state index contributed by atoms with van der Waals surface area (Å²) in [6.45, 7) is 10.8. The fourth-order valence-corrected chi connectivity index (χ4v) is 4.98. The highest BCUT2D eigenvalue weighted by Gasteiger charge is 2.45. The summed E-state index contributed by atoms with van der Waals surface area (Å²) in [6, 6.07) is 0. The molecular weight excluding hydrogens is 388 g/mol. The van der Waals surface area contributed by atoms with Gasteiger partial charge in [-0.25, -0.2) is 0 Å². The van der Waals surface area contributed by atoms with Gasteiger partial charge in [-0.15, -0.1) is 10.2 Å². The molecule has 0 spiro atoms. The molecule has 1 saturated carbocycles. The van der Waals surface area contributed by atoms with Crippen LogP contribution in [0.4, 0.5) is 5.13 Å². The number of hydrogen-bond donors (Lipinski definition) is 1. The van der Waals surface area contributed by atoms with E-state index in [-0.39, 0.29) is 35.5 Å². The molecule has 1 aromatic rings. The Bertz CT molecular complexity index is 754. The van der Waals surface area contributed by atoms with Crippen LogP contribution >= 0.6 is 11.3 Å². The summed E-state index contributed by atoms with van der Waals surface area (Å²) in [5, 5.41) is 13.0. The van der Waals surface area contributed by atoms with Crippen molar-refractivity contribution in [3.8, 4) is 0 Å². The van der Waals surface area contributed by atoms with E-state index in [0.717, 1.165) is 44.3 Å². The first-order valence-electron chi connectivity index (χ1n) is 10.7. The Hall–Kier alpha value is -1.58. The molecule has 0 bridgehead atoms. The standard InChI is InChI=1S/C20H32N6O2S/c1-14(2)18-22-23-19(29-18)26-11-15(10-16(26)27)17(28)21-12-20(4-5-20)13-25-8-6-24(3)7-9-25/h14-15H,4-13H2,1-3H3,(H,21,28). The van der Waals surface area contributed by atoms with Crippen molar-refractivity contribution in [1.82, 2.24) is 25.3 Å². The highest BCUT2D eigenvalue weighted by atomic mass is 32.1. The molecule has 1 atom stereocenters. The van der Waals surface area contributed by atoms with Crippen molar-refractivity contribution in [3.05, 3.63) is 5.01 Å². The summed E-state index contributed by atoms with van der Waals surface area (Å²) < 4.78 is 0. The molecule has 0 radical (unpaired) electrons. The minimum absolute atomic E-state index is 0.000833. The Balaban J connectivity index is 1.27. The van der Waals surface area contributed by atoms with Crippen LogP contribution in [0.25, 0.3) is 0 Å². The van der Waals surface area contributed by atoms with E-state index >= 15 is 0 Å². The van der Waals surface area contributed by atoms with Crippen molar-refractivity contribution in [2.24, 2.45) is 11.3 Å². The fraction of sp³-hybridized carbons (Fsp3) is 0.800. The molecule has 3 heterocycles. The van der Waals surface area contributed by atoms with Crippen LogP contribution in [-0.2, 0) is 9.59 Å². The molecule has 0 aromatic carbocycles. The largest absolute Gasteiger partial charge is 0.355 e. The third-order valence-electron chi connectivity index (χ3n) is 6.40. The van der Waals surface area contributed by atoms with E-state index in [4.69, 9.17) is 0 Å². The van der Waals surface area contributed by atoms with Gasteiger partial charge in [0, 0.05) is 63.6 Å². The van der Waals surface area contributed by atoms with Gasteiger partial charge in [0.25, 0.3) is 0 Å². The lowest BCUT2D eigenvalue weighted by atomic mass is 10.0. The van der Waals surface area contributed by atoms with Crippen molar-refractivity contribution in [3.63, 3.8) is 0 Å². The van der Waals surface area contributed by atoms with Gasteiger partial charge in [0.1, 0.15) is 5.01 Å². The second-order valence-corrected chi connectivity index (χ2v) is 10.3. The molecular formula is C20H32N6O2S. The van der Waals surface area contributed by atoms with Gasteiger partial charge in [-0.05, 0) is 19.9 Å². The molecule has 3 aliphatic rings. The van der Waals surface area contributed by atoms with E-state index in [0.29, 0.717) is 11.7 Å². The lowest BCUT2D eigenvalue weighted by Gasteiger charge is -2.35. The fourth-order valence-electron chi connectivity index (χ4n) is 4.10. The van der Waals surface area contributed by atoms with Crippen LogP contribution in [0.5, 0.6) is 0 Å². The molecule has 4 rings (SSSR count). The smallest absolute Gasteiger partial charge is 0.229 e. The minimum atomic E-state index is -0.298. The first kappa shape index (κ1) is 20.7. The molecule has 1 aromatic heterocycles. The molecule has 2 aliphatic heterocycles. The van der Waals surface area contributed by atoms with Crippen molar-refractivity contribution in [2.45, 2.75) is 39.0 Å². The van der Waals surface area contributed by atoms with Gasteiger partial charge in [-0.2, -0.15) is 0 Å². The van der Waals surface area contributed by atoms with Gasteiger partial charge in [0.15, 0.2) is 0 Å². The molecule has 1 aliphatic carbocycles. The SMILES string of the molecule is CC(C)c1nnc(N2CC(C(=O)NCC3(CN4CCN(C)CC4)CC3)CC2=O)s1.